The van der Waals surface area contributed by atoms with E-state index in [0.717, 1.165) is 25.1 Å². The van der Waals surface area contributed by atoms with Crippen molar-refractivity contribution in [3.63, 3.8) is 0 Å². The van der Waals surface area contributed by atoms with Gasteiger partial charge in [0.15, 0.2) is 11.5 Å². The number of likely N-dealkylation sites (N-methyl/N-ethyl adjacent to an activating group) is 1. The lowest BCUT2D eigenvalue weighted by Crippen LogP contribution is -2.36. The van der Waals surface area contributed by atoms with E-state index in [1.165, 1.54) is 20.0 Å². The Bertz CT molecular complexity index is 541. The van der Waals surface area contributed by atoms with Gasteiger partial charge in [-0.25, -0.2) is 0 Å². The van der Waals surface area contributed by atoms with E-state index in [2.05, 4.69) is 16.8 Å². The highest BCUT2D eigenvalue weighted by molar-refractivity contribution is 5.46. The van der Waals surface area contributed by atoms with Crippen LogP contribution in [0.15, 0.2) is 18.2 Å². The lowest BCUT2D eigenvalue weighted by Gasteiger charge is -2.26. The van der Waals surface area contributed by atoms with Gasteiger partial charge in [0.25, 0.3) is 0 Å². The summed E-state index contributed by atoms with van der Waals surface area (Å²) in [5.41, 5.74) is 0.755. The fourth-order valence-corrected chi connectivity index (χ4v) is 3.83. The van der Waals surface area contributed by atoms with E-state index in [-0.39, 0.29) is 5.75 Å². The minimum atomic E-state index is -2.85. The van der Waals surface area contributed by atoms with Crippen LogP contribution in [0, 0.1) is 0 Å². The molecule has 2 heterocycles. The highest BCUT2D eigenvalue weighted by Crippen LogP contribution is 2.35. The first-order valence-corrected chi connectivity index (χ1v) is 8.13. The number of ether oxygens (including phenoxy) is 2. The number of hydrogen-bond acceptors (Lipinski definition) is 4. The number of benzene rings is 1. The molecule has 1 aromatic carbocycles. The summed E-state index contributed by atoms with van der Waals surface area (Å²) >= 11 is 0. The average molecular weight is 326 g/mol. The van der Waals surface area contributed by atoms with Crippen molar-refractivity contribution < 1.29 is 18.3 Å². The zero-order valence-corrected chi connectivity index (χ0v) is 13.7. The second-order valence-corrected chi connectivity index (χ2v) is 6.40. The molecule has 2 unspecified atom stereocenters. The van der Waals surface area contributed by atoms with Gasteiger partial charge in [0, 0.05) is 37.3 Å². The SMILES string of the molecule is COc1cccc(CN2CCC3CCC(C2)N3C)c1OC(F)F. The molecule has 0 amide bonds. The first-order valence-electron chi connectivity index (χ1n) is 8.13. The van der Waals surface area contributed by atoms with Gasteiger partial charge in [0.2, 0.25) is 0 Å². The molecule has 1 aromatic rings. The first kappa shape index (κ1) is 16.5. The Morgan fingerprint density at radius 3 is 2.74 bits per heavy atom. The maximum atomic E-state index is 12.7. The quantitative estimate of drug-likeness (QED) is 0.830. The Hall–Kier alpha value is -1.40. The number of nitrogens with zero attached hydrogens (tertiary/aromatic N) is 2. The topological polar surface area (TPSA) is 24.9 Å². The third-order valence-corrected chi connectivity index (χ3v) is 5.11. The van der Waals surface area contributed by atoms with Gasteiger partial charge in [-0.05, 0) is 32.4 Å². The van der Waals surface area contributed by atoms with Gasteiger partial charge in [-0.15, -0.1) is 0 Å². The van der Waals surface area contributed by atoms with Crippen LogP contribution in [0.25, 0.3) is 0 Å². The highest BCUT2D eigenvalue weighted by atomic mass is 19.3. The number of methoxy groups -OCH3 is 1. The number of fused-ring (bicyclic) bond motifs is 2. The van der Waals surface area contributed by atoms with Crippen molar-refractivity contribution in [3.05, 3.63) is 23.8 Å². The largest absolute Gasteiger partial charge is 0.493 e. The summed E-state index contributed by atoms with van der Waals surface area (Å²) in [5.74, 6) is 0.518. The Kier molecular flexibility index (Phi) is 5.02. The first-order chi connectivity index (χ1) is 11.1. The Morgan fingerprint density at radius 2 is 2.00 bits per heavy atom. The molecule has 0 saturated carbocycles. The smallest absolute Gasteiger partial charge is 0.387 e. The Labute approximate surface area is 136 Å². The monoisotopic (exact) mass is 326 g/mol. The lowest BCUT2D eigenvalue weighted by molar-refractivity contribution is -0.0521. The van der Waals surface area contributed by atoms with E-state index >= 15 is 0 Å². The van der Waals surface area contributed by atoms with Crippen LogP contribution < -0.4 is 9.47 Å². The van der Waals surface area contributed by atoms with Crippen LogP contribution in [0.4, 0.5) is 8.78 Å². The van der Waals surface area contributed by atoms with E-state index in [0.29, 0.717) is 24.4 Å². The van der Waals surface area contributed by atoms with Crippen LogP contribution >= 0.6 is 0 Å². The van der Waals surface area contributed by atoms with Crippen molar-refractivity contribution in [1.82, 2.24) is 9.80 Å². The summed E-state index contributed by atoms with van der Waals surface area (Å²) in [6.45, 7) is -0.290. The van der Waals surface area contributed by atoms with Crippen LogP contribution in [0.3, 0.4) is 0 Å². The van der Waals surface area contributed by atoms with Gasteiger partial charge >= 0.3 is 6.61 Å². The number of halogens is 2. The molecule has 2 bridgehead atoms. The molecule has 0 aromatic heterocycles. The van der Waals surface area contributed by atoms with Crippen molar-refractivity contribution in [2.75, 3.05) is 27.2 Å². The van der Waals surface area contributed by atoms with E-state index in [1.807, 2.05) is 12.1 Å². The second kappa shape index (κ2) is 7.01. The normalized spacial score (nSPS) is 25.6. The van der Waals surface area contributed by atoms with E-state index in [9.17, 15) is 8.78 Å². The maximum absolute atomic E-state index is 12.7. The molecule has 0 spiro atoms. The van der Waals surface area contributed by atoms with Crippen LogP contribution in [-0.2, 0) is 6.54 Å². The number of para-hydroxylation sites is 1. The molecule has 2 aliphatic rings. The molecule has 0 aliphatic carbocycles. The van der Waals surface area contributed by atoms with Gasteiger partial charge in [-0.1, -0.05) is 12.1 Å². The van der Waals surface area contributed by atoms with Gasteiger partial charge in [0.05, 0.1) is 7.11 Å². The van der Waals surface area contributed by atoms with Crippen molar-refractivity contribution in [1.29, 1.82) is 0 Å². The standard InChI is InChI=1S/C17H24F2N2O2/c1-20-13-6-7-14(20)11-21(9-8-13)10-12-4-3-5-15(22-2)16(12)23-17(18)19/h3-5,13-14,17H,6-11H2,1-2H3. The van der Waals surface area contributed by atoms with Gasteiger partial charge in [0.1, 0.15) is 0 Å². The van der Waals surface area contributed by atoms with Crippen molar-refractivity contribution in [2.45, 2.75) is 44.5 Å². The molecule has 6 heteroatoms. The molecule has 0 N–H and O–H groups in total. The number of rotatable bonds is 5. The summed E-state index contributed by atoms with van der Waals surface area (Å²) in [6.07, 6.45) is 3.62. The highest BCUT2D eigenvalue weighted by Gasteiger charge is 2.34. The molecule has 0 radical (unpaired) electrons. The maximum Gasteiger partial charge on any atom is 0.387 e. The molecular weight excluding hydrogens is 302 g/mol. The molecule has 4 nitrogen and oxygen atoms in total. The van der Waals surface area contributed by atoms with Gasteiger partial charge in [-0.3, -0.25) is 9.80 Å². The number of alkyl halides is 2. The number of hydrogen-bond donors (Lipinski definition) is 0. The molecule has 2 atom stereocenters. The van der Waals surface area contributed by atoms with E-state index < -0.39 is 6.61 Å². The second-order valence-electron chi connectivity index (χ2n) is 6.40. The fourth-order valence-electron chi connectivity index (χ4n) is 3.83. The molecule has 2 aliphatic heterocycles. The van der Waals surface area contributed by atoms with Crippen molar-refractivity contribution >= 4 is 0 Å². The summed E-state index contributed by atoms with van der Waals surface area (Å²) in [5, 5.41) is 0. The minimum Gasteiger partial charge on any atom is -0.493 e. The summed E-state index contributed by atoms with van der Waals surface area (Å²) in [7, 11) is 3.67. The van der Waals surface area contributed by atoms with Gasteiger partial charge in [-0.2, -0.15) is 8.78 Å². The molecule has 2 saturated heterocycles. The van der Waals surface area contributed by atoms with Crippen LogP contribution in [-0.4, -0.2) is 55.7 Å². The minimum absolute atomic E-state index is 0.160. The molecule has 23 heavy (non-hydrogen) atoms. The van der Waals surface area contributed by atoms with E-state index in [1.54, 1.807) is 6.07 Å². The third-order valence-electron chi connectivity index (χ3n) is 5.11. The molecular formula is C17H24F2N2O2. The van der Waals surface area contributed by atoms with Gasteiger partial charge < -0.3 is 9.47 Å². The van der Waals surface area contributed by atoms with Crippen LogP contribution in [0.1, 0.15) is 24.8 Å². The third kappa shape index (κ3) is 3.58. The van der Waals surface area contributed by atoms with Crippen molar-refractivity contribution in [2.24, 2.45) is 0 Å². The molecule has 128 valence electrons. The number of likely N-dealkylation sites (tertiary alicyclic amines) is 1. The van der Waals surface area contributed by atoms with E-state index in [4.69, 9.17) is 9.47 Å². The predicted octanol–water partition coefficient (Wildman–Crippen LogP) is 2.97. The zero-order chi connectivity index (χ0) is 16.4. The average Bonchev–Trinajstić information content (AvgIpc) is 2.76. The molecule has 2 fully saturated rings. The zero-order valence-electron chi connectivity index (χ0n) is 13.7. The fraction of sp³-hybridized carbons (Fsp3) is 0.647. The van der Waals surface area contributed by atoms with Crippen LogP contribution in [0.2, 0.25) is 0 Å². The summed E-state index contributed by atoms with van der Waals surface area (Å²) in [4.78, 5) is 4.82. The lowest BCUT2D eigenvalue weighted by atomic mass is 10.1. The molecule has 3 rings (SSSR count). The predicted molar refractivity (Wildman–Crippen MR) is 84.1 cm³/mol. The van der Waals surface area contributed by atoms with Crippen LogP contribution in [0.5, 0.6) is 11.5 Å². The Balaban J connectivity index is 1.77. The summed E-state index contributed by atoms with van der Waals surface area (Å²) in [6, 6.07) is 6.54. The summed E-state index contributed by atoms with van der Waals surface area (Å²) < 4.78 is 35.4. The van der Waals surface area contributed by atoms with Crippen molar-refractivity contribution in [3.8, 4) is 11.5 Å². The Morgan fingerprint density at radius 1 is 1.22 bits per heavy atom.